The van der Waals surface area contributed by atoms with Gasteiger partial charge in [-0.2, -0.15) is 0 Å². The molecule has 0 N–H and O–H groups in total. The first-order valence-corrected chi connectivity index (χ1v) is 2.27. The molecule has 3 heteroatoms. The lowest BCUT2D eigenvalue weighted by atomic mass is 10.5. The molecular weight excluding hydrogens is 126 g/mol. The molecule has 0 radical (unpaired) electrons. The van der Waals surface area contributed by atoms with Crippen LogP contribution >= 0.6 is 0 Å². The van der Waals surface area contributed by atoms with Crippen LogP contribution in [0.25, 0.3) is 0 Å². The summed E-state index contributed by atoms with van der Waals surface area (Å²) in [6.45, 7) is 1.58. The van der Waals surface area contributed by atoms with Crippen molar-refractivity contribution in [2.24, 2.45) is 0 Å². The Kier molecular flexibility index (Phi) is 4.12. The number of hydrogen-bond donors (Lipinski definition) is 0. The molecule has 0 fully saturated rings. The molecule has 0 heterocycles. The van der Waals surface area contributed by atoms with Gasteiger partial charge in [0.2, 0.25) is 0 Å². The lowest BCUT2D eigenvalue weighted by Crippen LogP contribution is -3.00. The van der Waals surface area contributed by atoms with Gasteiger partial charge < -0.3 is 12.4 Å². The van der Waals surface area contributed by atoms with Crippen molar-refractivity contribution < 1.29 is 21.7 Å². The highest BCUT2D eigenvalue weighted by Crippen LogP contribution is 1.87. The van der Waals surface area contributed by atoms with Crippen molar-refractivity contribution in [2.45, 2.75) is 6.92 Å². The molecule has 0 spiro atoms. The van der Waals surface area contributed by atoms with Crippen LogP contribution in [0.15, 0.2) is 0 Å². The van der Waals surface area contributed by atoms with Gasteiger partial charge >= 0.3 is 5.91 Å². The van der Waals surface area contributed by atoms with Crippen molar-refractivity contribution in [3.63, 3.8) is 0 Å². The highest BCUT2D eigenvalue weighted by molar-refractivity contribution is 5.64. The van der Waals surface area contributed by atoms with Crippen LogP contribution in [-0.4, -0.2) is 31.5 Å². The highest BCUT2D eigenvalue weighted by atomic mass is 35.5. The zero-order valence-corrected chi connectivity index (χ0v) is 6.49. The second-order valence-electron chi connectivity index (χ2n) is 2.53. The fraction of sp³-hybridized carbons (Fsp3) is 0.800. The molecule has 0 bridgehead atoms. The molecule has 8 heavy (non-hydrogen) atoms. The van der Waals surface area contributed by atoms with E-state index in [1.54, 1.807) is 6.92 Å². The molecule has 1 amide bonds. The van der Waals surface area contributed by atoms with Crippen LogP contribution in [0.5, 0.6) is 0 Å². The summed E-state index contributed by atoms with van der Waals surface area (Å²) < 4.78 is 0.417. The summed E-state index contributed by atoms with van der Waals surface area (Å²) >= 11 is 0. The Morgan fingerprint density at radius 2 is 1.38 bits per heavy atom. The molecule has 50 valence electrons. The SMILES string of the molecule is CC(=O)[N+](C)(C)C.[Cl-]. The van der Waals surface area contributed by atoms with Crippen LogP contribution < -0.4 is 12.4 Å². The molecule has 0 atom stereocenters. The summed E-state index contributed by atoms with van der Waals surface area (Å²) in [5, 5.41) is 0. The number of hydrogen-bond acceptors (Lipinski definition) is 1. The van der Waals surface area contributed by atoms with Gasteiger partial charge in [0.25, 0.3) is 0 Å². The molecule has 0 aromatic carbocycles. The quantitative estimate of drug-likeness (QED) is 0.331. The Balaban J connectivity index is 0. The number of halogens is 1. The fourth-order valence-electron chi connectivity index (χ4n) is 0. The van der Waals surface area contributed by atoms with Gasteiger partial charge in [0, 0.05) is 0 Å². The lowest BCUT2D eigenvalue weighted by molar-refractivity contribution is -0.791. The van der Waals surface area contributed by atoms with Crippen LogP contribution in [0.3, 0.4) is 0 Å². The third kappa shape index (κ3) is 4.09. The van der Waals surface area contributed by atoms with Gasteiger partial charge in [-0.15, -0.1) is 0 Å². The molecule has 0 aromatic heterocycles. The minimum Gasteiger partial charge on any atom is -1.00 e. The van der Waals surface area contributed by atoms with E-state index in [9.17, 15) is 4.79 Å². The standard InChI is InChI=1S/C5H12NO.ClH/c1-5(7)6(2,3)4;/h1-4H3;1H/q+1;/p-1. The molecule has 0 aliphatic rings. The van der Waals surface area contributed by atoms with Crippen molar-refractivity contribution in [3.05, 3.63) is 0 Å². The number of rotatable bonds is 0. The molecule has 0 saturated heterocycles. The molecule has 0 saturated carbocycles. The van der Waals surface area contributed by atoms with Crippen molar-refractivity contribution >= 4 is 5.91 Å². The average molecular weight is 138 g/mol. The van der Waals surface area contributed by atoms with Crippen LogP contribution in [0.4, 0.5) is 0 Å². The monoisotopic (exact) mass is 137 g/mol. The lowest BCUT2D eigenvalue weighted by Gasteiger charge is -2.17. The van der Waals surface area contributed by atoms with E-state index in [-0.39, 0.29) is 18.3 Å². The summed E-state index contributed by atoms with van der Waals surface area (Å²) in [6, 6.07) is 0. The maximum absolute atomic E-state index is 10.4. The average Bonchev–Trinajstić information content (AvgIpc) is 1.31. The summed E-state index contributed by atoms with van der Waals surface area (Å²) in [5.41, 5.74) is 0. The molecule has 0 rings (SSSR count). The zero-order chi connectivity index (χ0) is 6.08. The van der Waals surface area contributed by atoms with E-state index in [0.717, 1.165) is 0 Å². The Hall–Kier alpha value is -0.0800. The minimum atomic E-state index is 0. The Morgan fingerprint density at radius 1 is 1.25 bits per heavy atom. The number of carbonyl (C=O) groups is 1. The first-order valence-electron chi connectivity index (χ1n) is 2.27. The summed E-state index contributed by atoms with van der Waals surface area (Å²) in [5.74, 6) is 0.181. The molecule has 2 nitrogen and oxygen atoms in total. The Morgan fingerprint density at radius 3 is 1.38 bits per heavy atom. The van der Waals surface area contributed by atoms with Crippen molar-refractivity contribution in [2.75, 3.05) is 21.1 Å². The van der Waals surface area contributed by atoms with E-state index in [1.165, 1.54) is 0 Å². The van der Waals surface area contributed by atoms with E-state index in [4.69, 9.17) is 0 Å². The summed E-state index contributed by atoms with van der Waals surface area (Å²) in [4.78, 5) is 10.4. The molecule has 0 aromatic rings. The third-order valence-electron chi connectivity index (χ3n) is 0.945. The topological polar surface area (TPSA) is 17.1 Å². The molecule has 0 unspecified atom stereocenters. The van der Waals surface area contributed by atoms with Gasteiger partial charge in [0.1, 0.15) is 0 Å². The smallest absolute Gasteiger partial charge is 0.309 e. The normalized spacial score (nSPS) is 10.0. The van der Waals surface area contributed by atoms with Crippen LogP contribution in [0, 0.1) is 0 Å². The van der Waals surface area contributed by atoms with Crippen molar-refractivity contribution in [1.29, 1.82) is 0 Å². The number of carbonyl (C=O) groups excluding carboxylic acids is 1. The second kappa shape index (κ2) is 3.05. The van der Waals surface area contributed by atoms with Gasteiger partial charge in [-0.25, -0.2) is 4.79 Å². The van der Waals surface area contributed by atoms with Crippen molar-refractivity contribution in [3.8, 4) is 0 Å². The first kappa shape index (κ1) is 10.8. The van der Waals surface area contributed by atoms with Gasteiger partial charge in [-0.05, 0) is 0 Å². The third-order valence-corrected chi connectivity index (χ3v) is 0.945. The second-order valence-corrected chi connectivity index (χ2v) is 2.53. The van der Waals surface area contributed by atoms with Gasteiger partial charge in [0.05, 0.1) is 28.1 Å². The maximum atomic E-state index is 10.4. The Bertz CT molecular complexity index is 84.9. The molecule has 0 aliphatic carbocycles. The zero-order valence-electron chi connectivity index (χ0n) is 5.73. The molecular formula is C5H12ClNO. The van der Waals surface area contributed by atoms with Gasteiger partial charge in [0.15, 0.2) is 0 Å². The van der Waals surface area contributed by atoms with E-state index in [2.05, 4.69) is 0 Å². The Labute approximate surface area is 56.5 Å². The van der Waals surface area contributed by atoms with Crippen molar-refractivity contribution in [1.82, 2.24) is 0 Å². The fourth-order valence-corrected chi connectivity index (χ4v) is 0. The van der Waals surface area contributed by atoms with Crippen LogP contribution in [0.1, 0.15) is 6.92 Å². The maximum Gasteiger partial charge on any atom is 0.309 e. The first-order chi connectivity index (χ1) is 2.94. The molecule has 0 aliphatic heterocycles. The number of amides is 1. The number of nitrogens with zero attached hydrogens (tertiary/aromatic N) is 1. The van der Waals surface area contributed by atoms with E-state index < -0.39 is 0 Å². The van der Waals surface area contributed by atoms with Gasteiger partial charge in [-0.1, -0.05) is 0 Å². The summed E-state index contributed by atoms with van der Waals surface area (Å²) in [6.07, 6.45) is 0. The number of quaternary nitrogens is 1. The largest absolute Gasteiger partial charge is 1.00 e. The highest BCUT2D eigenvalue weighted by Gasteiger charge is 2.11. The van der Waals surface area contributed by atoms with Gasteiger partial charge in [-0.3, -0.25) is 4.48 Å². The minimum absolute atomic E-state index is 0. The summed E-state index contributed by atoms with van der Waals surface area (Å²) in [7, 11) is 5.55. The van der Waals surface area contributed by atoms with E-state index in [1.807, 2.05) is 21.1 Å². The van der Waals surface area contributed by atoms with E-state index in [0.29, 0.717) is 4.48 Å². The predicted octanol–water partition coefficient (Wildman–Crippen LogP) is -2.76. The van der Waals surface area contributed by atoms with Crippen LogP contribution in [0.2, 0.25) is 0 Å². The van der Waals surface area contributed by atoms with Crippen LogP contribution in [-0.2, 0) is 4.79 Å². The van der Waals surface area contributed by atoms with E-state index >= 15 is 0 Å². The predicted molar refractivity (Wildman–Crippen MR) is 28.7 cm³/mol.